The molecule has 0 heterocycles. The summed E-state index contributed by atoms with van der Waals surface area (Å²) in [6.07, 6.45) is 0. The molecule has 0 saturated heterocycles. The lowest BCUT2D eigenvalue weighted by atomic mass is 11.7. The molecule has 0 atom stereocenters. The zero-order valence-corrected chi connectivity index (χ0v) is 16.8. The van der Waals surface area contributed by atoms with E-state index >= 15 is 0 Å². The molecular formula is C12H33SSi3+. The van der Waals surface area contributed by atoms with Crippen LogP contribution in [0.3, 0.4) is 0 Å². The minimum Gasteiger partial charge on any atom is -0.0653 e. The van der Waals surface area contributed by atoms with Gasteiger partial charge >= 0.3 is 0 Å². The van der Waals surface area contributed by atoms with Crippen LogP contribution in [0.25, 0.3) is 0 Å². The van der Waals surface area contributed by atoms with Crippen LogP contribution in [0.1, 0.15) is 0 Å². The third-order valence-electron chi connectivity index (χ3n) is 1.91. The van der Waals surface area contributed by atoms with Crippen LogP contribution in [0.2, 0.25) is 58.9 Å². The summed E-state index contributed by atoms with van der Waals surface area (Å²) in [5, 5.41) is 4.75. The first kappa shape index (κ1) is 17.0. The van der Waals surface area contributed by atoms with E-state index in [2.05, 4.69) is 58.9 Å². The molecule has 0 unspecified atom stereocenters. The molecule has 16 heavy (non-hydrogen) atoms. The molecule has 0 amide bonds. The molecule has 0 nitrogen and oxygen atoms in total. The first-order valence-corrected chi connectivity index (χ1v) is 19.3. The topological polar surface area (TPSA) is 0 Å². The van der Waals surface area contributed by atoms with Crippen molar-refractivity contribution in [3.05, 3.63) is 0 Å². The Balaban J connectivity index is 4.53. The zero-order valence-electron chi connectivity index (χ0n) is 13.0. The smallest absolute Gasteiger partial charge is 0.0653 e. The molecule has 0 aromatic rings. The van der Waals surface area contributed by atoms with E-state index in [1.165, 1.54) is 0 Å². The monoisotopic (exact) mass is 293 g/mol. The van der Waals surface area contributed by atoms with Gasteiger partial charge in [-0.15, -0.1) is 0 Å². The number of hydrogen-bond donors (Lipinski definition) is 0. The lowest BCUT2D eigenvalue weighted by Crippen LogP contribution is -2.46. The Morgan fingerprint density at radius 2 is 0.688 bits per heavy atom. The minimum atomic E-state index is -0.863. The second-order valence-corrected chi connectivity index (χ2v) is 28.8. The van der Waals surface area contributed by atoms with E-state index in [-0.39, 0.29) is 0 Å². The van der Waals surface area contributed by atoms with Gasteiger partial charge < -0.3 is 0 Å². The fourth-order valence-corrected chi connectivity index (χ4v) is 20.7. The van der Waals surface area contributed by atoms with Crippen molar-refractivity contribution in [2.75, 3.05) is 16.1 Å². The maximum Gasteiger partial charge on any atom is 0.104 e. The highest BCUT2D eigenvalue weighted by Gasteiger charge is 2.36. The van der Waals surface area contributed by atoms with Gasteiger partial charge in [-0.2, -0.15) is 0 Å². The van der Waals surface area contributed by atoms with Crippen LogP contribution in [-0.4, -0.2) is 40.4 Å². The van der Waals surface area contributed by atoms with Crippen molar-refractivity contribution in [1.29, 1.82) is 0 Å². The average Bonchev–Trinajstić information content (AvgIpc) is 1.70. The zero-order chi connectivity index (χ0) is 13.2. The second-order valence-electron chi connectivity index (χ2n) is 8.73. The summed E-state index contributed by atoms with van der Waals surface area (Å²) in [5.74, 6) is 0. The molecule has 0 bridgehead atoms. The summed E-state index contributed by atoms with van der Waals surface area (Å²) >= 11 is 0. The minimum absolute atomic E-state index is 0.752. The first-order valence-electron chi connectivity index (χ1n) is 6.43. The summed E-state index contributed by atoms with van der Waals surface area (Å²) in [6, 6.07) is 0. The predicted molar refractivity (Wildman–Crippen MR) is 92.0 cm³/mol. The van der Waals surface area contributed by atoms with Crippen molar-refractivity contribution in [3.8, 4) is 0 Å². The van der Waals surface area contributed by atoms with E-state index in [1.54, 1.807) is 16.1 Å². The fraction of sp³-hybridized carbons (Fsp3) is 1.00. The van der Waals surface area contributed by atoms with Crippen molar-refractivity contribution < 1.29 is 0 Å². The van der Waals surface area contributed by atoms with Crippen molar-refractivity contribution in [1.82, 2.24) is 0 Å². The molecule has 0 N–H and O–H groups in total. The van der Waals surface area contributed by atoms with Gasteiger partial charge in [0.05, 0.1) is 16.1 Å². The third-order valence-corrected chi connectivity index (χ3v) is 17.2. The van der Waals surface area contributed by atoms with E-state index in [4.69, 9.17) is 0 Å². The quantitative estimate of drug-likeness (QED) is 0.508. The van der Waals surface area contributed by atoms with Gasteiger partial charge in [0.1, 0.15) is 24.2 Å². The molecule has 0 aliphatic heterocycles. The summed E-state index contributed by atoms with van der Waals surface area (Å²) < 4.78 is 0. The van der Waals surface area contributed by atoms with Crippen molar-refractivity contribution in [2.45, 2.75) is 58.9 Å². The van der Waals surface area contributed by atoms with Crippen LogP contribution >= 0.6 is 0 Å². The van der Waals surface area contributed by atoms with Crippen molar-refractivity contribution in [3.63, 3.8) is 0 Å². The highest BCUT2D eigenvalue weighted by atomic mass is 32.2. The Morgan fingerprint density at radius 1 is 0.500 bits per heavy atom. The highest BCUT2D eigenvalue weighted by Crippen LogP contribution is 2.18. The number of rotatable bonds is 6. The Bertz CT molecular complexity index is 170. The molecule has 0 aliphatic rings. The maximum absolute atomic E-state index is 2.54. The van der Waals surface area contributed by atoms with Crippen LogP contribution in [-0.2, 0) is 10.9 Å². The normalized spacial score (nSPS) is 14.6. The van der Waals surface area contributed by atoms with Crippen LogP contribution in [0.4, 0.5) is 0 Å². The molecule has 0 aromatic carbocycles. The van der Waals surface area contributed by atoms with Gasteiger partial charge in [-0.1, -0.05) is 58.9 Å². The van der Waals surface area contributed by atoms with E-state index in [0.29, 0.717) is 0 Å². The predicted octanol–water partition coefficient (Wildman–Crippen LogP) is 4.24. The van der Waals surface area contributed by atoms with Crippen molar-refractivity contribution in [2.24, 2.45) is 0 Å². The van der Waals surface area contributed by atoms with Crippen LogP contribution in [0.15, 0.2) is 0 Å². The van der Waals surface area contributed by atoms with Crippen LogP contribution in [0.5, 0.6) is 0 Å². The lowest BCUT2D eigenvalue weighted by Gasteiger charge is -2.26. The molecular weight excluding hydrogens is 260 g/mol. The third kappa shape index (κ3) is 11.5. The van der Waals surface area contributed by atoms with E-state index < -0.39 is 24.2 Å². The van der Waals surface area contributed by atoms with Crippen molar-refractivity contribution >= 4 is 35.1 Å². The summed E-state index contributed by atoms with van der Waals surface area (Å²) in [7, 11) is -1.84. The standard InChI is InChI=1S/C12H33SSi3/c1-14(2,3)10-13(11-15(4,5)6)12-16(7,8)9/h10-12H2,1-9H3/q+1. The molecule has 0 saturated carbocycles. The Kier molecular flexibility index (Phi) is 6.12. The summed E-state index contributed by atoms with van der Waals surface area (Å²) in [5.41, 5.74) is 0. The average molecular weight is 294 g/mol. The molecule has 4 heteroatoms. The molecule has 0 fully saturated rings. The SMILES string of the molecule is C[Si](C)(C)C[S+](C[Si](C)(C)C)C[Si](C)(C)C. The van der Waals surface area contributed by atoms with Gasteiger partial charge in [0.25, 0.3) is 0 Å². The van der Waals surface area contributed by atoms with Crippen LogP contribution < -0.4 is 0 Å². The molecule has 0 spiro atoms. The van der Waals surface area contributed by atoms with Gasteiger partial charge in [0.15, 0.2) is 0 Å². The fourth-order valence-electron chi connectivity index (χ4n) is 1.99. The Hall–Kier alpha value is 1.00. The molecule has 0 aliphatic carbocycles. The largest absolute Gasteiger partial charge is 0.104 e. The van der Waals surface area contributed by atoms with Gasteiger partial charge in [0, 0.05) is 0 Å². The Morgan fingerprint density at radius 3 is 0.812 bits per heavy atom. The van der Waals surface area contributed by atoms with Gasteiger partial charge in [0.2, 0.25) is 0 Å². The highest BCUT2D eigenvalue weighted by molar-refractivity contribution is 8.01. The van der Waals surface area contributed by atoms with Gasteiger partial charge in [-0.3, -0.25) is 0 Å². The lowest BCUT2D eigenvalue weighted by molar-refractivity contribution is 1.58. The Labute approximate surface area is 110 Å². The summed E-state index contributed by atoms with van der Waals surface area (Å²) in [6.45, 7) is 22.9. The summed E-state index contributed by atoms with van der Waals surface area (Å²) in [4.78, 5) is 0. The number of hydrogen-bond acceptors (Lipinski definition) is 0. The van der Waals surface area contributed by atoms with Crippen LogP contribution in [0, 0.1) is 0 Å². The second kappa shape index (κ2) is 5.76. The first-order chi connectivity index (χ1) is 6.79. The van der Waals surface area contributed by atoms with Gasteiger partial charge in [-0.05, 0) is 10.9 Å². The maximum atomic E-state index is 2.54. The molecule has 0 radical (unpaired) electrons. The van der Waals surface area contributed by atoms with E-state index in [1.807, 2.05) is 0 Å². The van der Waals surface area contributed by atoms with Gasteiger partial charge in [-0.25, -0.2) is 0 Å². The van der Waals surface area contributed by atoms with E-state index in [0.717, 1.165) is 10.9 Å². The molecule has 98 valence electrons. The van der Waals surface area contributed by atoms with E-state index in [9.17, 15) is 0 Å². The molecule has 0 aromatic heterocycles. The molecule has 0 rings (SSSR count).